The molecule has 0 fully saturated rings. The molecule has 29 heavy (non-hydrogen) atoms. The lowest BCUT2D eigenvalue weighted by Crippen LogP contribution is -2.34. The monoisotopic (exact) mass is 392 g/mol. The predicted octanol–water partition coefficient (Wildman–Crippen LogP) is 4.43. The van der Waals surface area contributed by atoms with E-state index in [1.807, 2.05) is 12.1 Å². The molecule has 3 rings (SSSR count). The summed E-state index contributed by atoms with van der Waals surface area (Å²) in [6.07, 6.45) is 2.08. The Kier molecular flexibility index (Phi) is 6.68. The Bertz CT molecular complexity index is 958. The second kappa shape index (κ2) is 9.59. The Hall–Kier alpha value is -3.54. The van der Waals surface area contributed by atoms with Gasteiger partial charge in [-0.3, -0.25) is 14.6 Å². The number of carbonyl (C=O) groups is 2. The van der Waals surface area contributed by atoms with Gasteiger partial charge in [-0.2, -0.15) is 0 Å². The van der Waals surface area contributed by atoms with Crippen LogP contribution in [0.25, 0.3) is 0 Å². The molecule has 0 spiro atoms. The first kappa shape index (κ1) is 20.2. The molecule has 0 aliphatic carbocycles. The molecule has 0 bridgehead atoms. The molecule has 0 saturated heterocycles. The summed E-state index contributed by atoms with van der Waals surface area (Å²) in [6.45, 7) is 1.83. The van der Waals surface area contributed by atoms with Crippen molar-refractivity contribution in [2.75, 3.05) is 11.5 Å². The third-order valence-electron chi connectivity index (χ3n) is 4.35. The first-order valence-corrected chi connectivity index (χ1v) is 9.28. The molecular weight excluding hydrogens is 371 g/mol. The highest BCUT2D eigenvalue weighted by atomic mass is 19.1. The van der Waals surface area contributed by atoms with Gasteiger partial charge in [0, 0.05) is 23.9 Å². The standard InChI is InChI=1S/C23H21FN2O3/c1-2-22(27)17-6-12-21(13-7-17)29-16-23(28)26(15-19-5-3-4-14-25-19)20-10-8-18(24)9-11-20/h3-14H,2,15-16H2,1H3. The first-order chi connectivity index (χ1) is 14.1. The maximum absolute atomic E-state index is 13.3. The van der Waals surface area contributed by atoms with Gasteiger partial charge >= 0.3 is 0 Å². The van der Waals surface area contributed by atoms with Gasteiger partial charge in [0.1, 0.15) is 11.6 Å². The Morgan fingerprint density at radius 1 is 1.00 bits per heavy atom. The van der Waals surface area contributed by atoms with Gasteiger partial charge < -0.3 is 9.64 Å². The van der Waals surface area contributed by atoms with E-state index in [4.69, 9.17) is 4.74 Å². The number of amides is 1. The van der Waals surface area contributed by atoms with Crippen LogP contribution in [0.3, 0.4) is 0 Å². The summed E-state index contributed by atoms with van der Waals surface area (Å²) in [5, 5.41) is 0. The van der Waals surface area contributed by atoms with Crippen molar-refractivity contribution in [3.63, 3.8) is 0 Å². The molecule has 2 aromatic carbocycles. The molecule has 1 heterocycles. The second-order valence-corrected chi connectivity index (χ2v) is 6.37. The highest BCUT2D eigenvalue weighted by Gasteiger charge is 2.18. The van der Waals surface area contributed by atoms with Crippen molar-refractivity contribution in [1.82, 2.24) is 4.98 Å². The molecule has 0 saturated carbocycles. The van der Waals surface area contributed by atoms with Gasteiger partial charge in [0.25, 0.3) is 5.91 Å². The SMILES string of the molecule is CCC(=O)c1ccc(OCC(=O)N(Cc2ccccn2)c2ccc(F)cc2)cc1. The lowest BCUT2D eigenvalue weighted by Gasteiger charge is -2.22. The molecule has 0 aliphatic rings. The highest BCUT2D eigenvalue weighted by molar-refractivity contribution is 5.96. The molecule has 1 amide bonds. The minimum Gasteiger partial charge on any atom is -0.484 e. The van der Waals surface area contributed by atoms with Crippen LogP contribution >= 0.6 is 0 Å². The van der Waals surface area contributed by atoms with Crippen molar-refractivity contribution in [2.24, 2.45) is 0 Å². The van der Waals surface area contributed by atoms with Crippen molar-refractivity contribution in [1.29, 1.82) is 0 Å². The van der Waals surface area contributed by atoms with Crippen LogP contribution in [0.4, 0.5) is 10.1 Å². The van der Waals surface area contributed by atoms with Crippen LogP contribution in [-0.4, -0.2) is 23.3 Å². The number of ether oxygens (including phenoxy) is 1. The van der Waals surface area contributed by atoms with E-state index in [9.17, 15) is 14.0 Å². The molecular formula is C23H21FN2O3. The quantitative estimate of drug-likeness (QED) is 0.532. The number of halogens is 1. The number of hydrogen-bond donors (Lipinski definition) is 0. The molecule has 3 aromatic rings. The number of carbonyl (C=O) groups excluding carboxylic acids is 2. The van der Waals surface area contributed by atoms with E-state index in [2.05, 4.69) is 4.98 Å². The summed E-state index contributed by atoms with van der Waals surface area (Å²) in [5.74, 6) is -0.138. The van der Waals surface area contributed by atoms with Crippen molar-refractivity contribution < 1.29 is 18.7 Å². The second-order valence-electron chi connectivity index (χ2n) is 6.37. The number of benzene rings is 2. The molecule has 6 heteroatoms. The molecule has 0 radical (unpaired) electrons. The average molecular weight is 392 g/mol. The van der Waals surface area contributed by atoms with Crippen LogP contribution in [0.15, 0.2) is 72.9 Å². The molecule has 0 unspecified atom stereocenters. The number of hydrogen-bond acceptors (Lipinski definition) is 4. The largest absolute Gasteiger partial charge is 0.484 e. The van der Waals surface area contributed by atoms with Gasteiger partial charge in [0.2, 0.25) is 0 Å². The fraction of sp³-hybridized carbons (Fsp3) is 0.174. The molecule has 0 N–H and O–H groups in total. The average Bonchev–Trinajstić information content (AvgIpc) is 2.77. The van der Waals surface area contributed by atoms with E-state index in [-0.39, 0.29) is 30.7 Å². The van der Waals surface area contributed by atoms with E-state index >= 15 is 0 Å². The fourth-order valence-electron chi connectivity index (χ4n) is 2.76. The lowest BCUT2D eigenvalue weighted by atomic mass is 10.1. The number of nitrogens with zero attached hydrogens (tertiary/aromatic N) is 2. The van der Waals surface area contributed by atoms with Crippen LogP contribution in [0.2, 0.25) is 0 Å². The highest BCUT2D eigenvalue weighted by Crippen LogP contribution is 2.19. The first-order valence-electron chi connectivity index (χ1n) is 9.28. The van der Waals surface area contributed by atoms with Crippen molar-refractivity contribution in [3.8, 4) is 5.75 Å². The minimum atomic E-state index is -0.378. The molecule has 5 nitrogen and oxygen atoms in total. The van der Waals surface area contributed by atoms with E-state index in [1.54, 1.807) is 55.6 Å². The lowest BCUT2D eigenvalue weighted by molar-refractivity contribution is -0.120. The van der Waals surface area contributed by atoms with Crippen molar-refractivity contribution in [2.45, 2.75) is 19.9 Å². The minimum absolute atomic E-state index is 0.0467. The number of aromatic nitrogens is 1. The van der Waals surface area contributed by atoms with Crippen LogP contribution in [-0.2, 0) is 11.3 Å². The zero-order chi connectivity index (χ0) is 20.6. The summed E-state index contributed by atoms with van der Waals surface area (Å²) < 4.78 is 18.9. The zero-order valence-electron chi connectivity index (χ0n) is 16.0. The topological polar surface area (TPSA) is 59.5 Å². The third-order valence-corrected chi connectivity index (χ3v) is 4.35. The van der Waals surface area contributed by atoms with E-state index in [1.165, 1.54) is 17.0 Å². The third kappa shape index (κ3) is 5.48. The number of pyridine rings is 1. The molecule has 0 aliphatic heterocycles. The molecule has 0 atom stereocenters. The summed E-state index contributed by atoms with van der Waals surface area (Å²) >= 11 is 0. The molecule has 1 aromatic heterocycles. The number of rotatable bonds is 8. The molecule has 148 valence electrons. The number of ketones is 1. The van der Waals surface area contributed by atoms with Gasteiger partial charge in [-0.1, -0.05) is 13.0 Å². The van der Waals surface area contributed by atoms with Crippen LogP contribution in [0.5, 0.6) is 5.75 Å². The van der Waals surface area contributed by atoms with E-state index in [0.717, 1.165) is 0 Å². The van der Waals surface area contributed by atoms with Crippen LogP contribution in [0, 0.1) is 5.82 Å². The van der Waals surface area contributed by atoms with Gasteiger partial charge in [-0.15, -0.1) is 0 Å². The normalized spacial score (nSPS) is 10.4. The van der Waals surface area contributed by atoms with Gasteiger partial charge in [0.15, 0.2) is 12.4 Å². The van der Waals surface area contributed by atoms with Crippen molar-refractivity contribution >= 4 is 17.4 Å². The zero-order valence-corrected chi connectivity index (χ0v) is 16.0. The summed E-state index contributed by atoms with van der Waals surface area (Å²) in [5.41, 5.74) is 1.86. The number of anilines is 1. The smallest absolute Gasteiger partial charge is 0.265 e. The van der Waals surface area contributed by atoms with Gasteiger partial charge in [-0.05, 0) is 60.7 Å². The van der Waals surface area contributed by atoms with Gasteiger partial charge in [0.05, 0.1) is 12.2 Å². The Balaban J connectivity index is 1.72. The maximum atomic E-state index is 13.3. The van der Waals surface area contributed by atoms with Crippen LogP contribution < -0.4 is 9.64 Å². The fourth-order valence-corrected chi connectivity index (χ4v) is 2.76. The van der Waals surface area contributed by atoms with E-state index < -0.39 is 0 Å². The number of Topliss-reactive ketones (excluding diaryl/α,β-unsaturated/α-hetero) is 1. The van der Waals surface area contributed by atoms with Crippen molar-refractivity contribution in [3.05, 3.63) is 90.0 Å². The Morgan fingerprint density at radius 3 is 2.34 bits per heavy atom. The summed E-state index contributed by atoms with van der Waals surface area (Å²) in [6, 6.07) is 17.8. The summed E-state index contributed by atoms with van der Waals surface area (Å²) in [4.78, 5) is 30.3. The van der Waals surface area contributed by atoms with Gasteiger partial charge in [-0.25, -0.2) is 4.39 Å². The Labute approximate surface area is 168 Å². The maximum Gasteiger partial charge on any atom is 0.265 e. The van der Waals surface area contributed by atoms with E-state index in [0.29, 0.717) is 29.1 Å². The Morgan fingerprint density at radius 2 is 1.72 bits per heavy atom. The predicted molar refractivity (Wildman–Crippen MR) is 108 cm³/mol. The summed E-state index contributed by atoms with van der Waals surface area (Å²) in [7, 11) is 0. The van der Waals surface area contributed by atoms with Crippen LogP contribution in [0.1, 0.15) is 29.4 Å².